The van der Waals surface area contributed by atoms with Gasteiger partial charge in [-0.2, -0.15) is 0 Å². The number of aromatic nitrogens is 1. The van der Waals surface area contributed by atoms with Crippen LogP contribution in [0.2, 0.25) is 0 Å². The van der Waals surface area contributed by atoms with Crippen LogP contribution < -0.4 is 4.90 Å². The zero-order valence-corrected chi connectivity index (χ0v) is 30.7. The summed E-state index contributed by atoms with van der Waals surface area (Å²) in [6.07, 6.45) is 2.02. The molecule has 1 aliphatic carbocycles. The molecule has 11 rings (SSSR count). The van der Waals surface area contributed by atoms with Crippen molar-refractivity contribution in [3.05, 3.63) is 229 Å². The number of benzene rings is 8. The molecule has 1 aliphatic rings. The quantitative estimate of drug-likeness (QED) is 0.170. The Hall–Kier alpha value is -6.81. The van der Waals surface area contributed by atoms with Gasteiger partial charge in [-0.15, -0.1) is 11.3 Å². The molecule has 0 saturated heterocycles. The van der Waals surface area contributed by atoms with E-state index in [1.165, 1.54) is 64.7 Å². The second-order valence-electron chi connectivity index (χ2n) is 14.3. The summed E-state index contributed by atoms with van der Waals surface area (Å²) in [4.78, 5) is 7.55. The van der Waals surface area contributed by atoms with E-state index in [9.17, 15) is 0 Å². The maximum absolute atomic E-state index is 5.06. The third-order valence-corrected chi connectivity index (χ3v) is 12.6. The van der Waals surface area contributed by atoms with Gasteiger partial charge in [0, 0.05) is 33.6 Å². The molecule has 3 heteroatoms. The van der Waals surface area contributed by atoms with Gasteiger partial charge in [0.05, 0.1) is 31.7 Å². The Morgan fingerprint density at radius 2 is 1.04 bits per heavy atom. The molecular formula is C52H34N2S. The van der Waals surface area contributed by atoms with Crippen LogP contribution in [-0.2, 0) is 5.41 Å². The van der Waals surface area contributed by atoms with E-state index in [2.05, 4.69) is 205 Å². The van der Waals surface area contributed by atoms with Crippen molar-refractivity contribution in [3.8, 4) is 22.3 Å². The fourth-order valence-electron chi connectivity index (χ4n) is 9.04. The van der Waals surface area contributed by atoms with Crippen LogP contribution in [0.3, 0.4) is 0 Å². The van der Waals surface area contributed by atoms with Crippen LogP contribution in [0.25, 0.3) is 53.3 Å². The highest BCUT2D eigenvalue weighted by Crippen LogP contribution is 2.58. The van der Waals surface area contributed by atoms with E-state index in [-0.39, 0.29) is 0 Å². The van der Waals surface area contributed by atoms with Crippen LogP contribution in [0.1, 0.15) is 22.3 Å². The Morgan fingerprint density at radius 3 is 1.82 bits per heavy atom. The smallest absolute Gasteiger partial charge is 0.0895 e. The highest BCUT2D eigenvalue weighted by Gasteiger charge is 2.46. The van der Waals surface area contributed by atoms with Crippen molar-refractivity contribution in [2.45, 2.75) is 5.41 Å². The standard InChI is InChI=1S/C52H34N2S/c1-4-17-35(18-5-1)40-24-13-15-29-47(40)54(48-30-16-27-44-49-51(55-50(44)48)41-25-11-10-19-36(41)34-53-49)39-31-32-43-42-26-12-14-28-45(42)52(46(43)33-39,37-20-6-2-7-21-37)38-22-8-3-9-23-38/h1-34H. The van der Waals surface area contributed by atoms with Gasteiger partial charge in [0.25, 0.3) is 0 Å². The molecule has 8 aromatic carbocycles. The Kier molecular flexibility index (Phi) is 7.29. The van der Waals surface area contributed by atoms with E-state index in [1.807, 2.05) is 17.5 Å². The van der Waals surface area contributed by atoms with E-state index >= 15 is 0 Å². The minimum atomic E-state index is -0.512. The number of anilines is 3. The van der Waals surface area contributed by atoms with E-state index in [0.29, 0.717) is 0 Å². The maximum Gasteiger partial charge on any atom is 0.0895 e. The lowest BCUT2D eigenvalue weighted by atomic mass is 9.67. The molecule has 0 bridgehead atoms. The second-order valence-corrected chi connectivity index (χ2v) is 15.3. The van der Waals surface area contributed by atoms with Gasteiger partial charge in [-0.25, -0.2) is 0 Å². The minimum Gasteiger partial charge on any atom is -0.308 e. The monoisotopic (exact) mass is 718 g/mol. The Labute approximate surface area is 324 Å². The van der Waals surface area contributed by atoms with Gasteiger partial charge >= 0.3 is 0 Å². The number of thiophene rings is 1. The summed E-state index contributed by atoms with van der Waals surface area (Å²) in [7, 11) is 0. The molecule has 2 heterocycles. The number of hydrogen-bond acceptors (Lipinski definition) is 3. The molecule has 55 heavy (non-hydrogen) atoms. The molecule has 2 aromatic heterocycles. The Balaban J connectivity index is 1.24. The van der Waals surface area contributed by atoms with Crippen molar-refractivity contribution in [3.63, 3.8) is 0 Å². The third-order valence-electron chi connectivity index (χ3n) is 11.4. The van der Waals surface area contributed by atoms with E-state index in [4.69, 9.17) is 4.98 Å². The first-order chi connectivity index (χ1) is 27.3. The van der Waals surface area contributed by atoms with Gasteiger partial charge in [0.2, 0.25) is 0 Å². The van der Waals surface area contributed by atoms with Crippen LogP contribution in [0.15, 0.2) is 206 Å². The van der Waals surface area contributed by atoms with E-state index < -0.39 is 5.41 Å². The molecule has 0 atom stereocenters. The Morgan fingerprint density at radius 1 is 0.436 bits per heavy atom. The summed E-state index contributed by atoms with van der Waals surface area (Å²) < 4.78 is 2.43. The topological polar surface area (TPSA) is 16.1 Å². The third kappa shape index (κ3) is 4.77. The van der Waals surface area contributed by atoms with Gasteiger partial charge < -0.3 is 4.90 Å². The average molecular weight is 719 g/mol. The predicted octanol–water partition coefficient (Wildman–Crippen LogP) is 14.1. The van der Waals surface area contributed by atoms with Gasteiger partial charge in [-0.05, 0) is 63.2 Å². The lowest BCUT2D eigenvalue weighted by Crippen LogP contribution is -2.28. The van der Waals surface area contributed by atoms with Crippen molar-refractivity contribution >= 4 is 59.5 Å². The summed E-state index contributed by atoms with van der Waals surface area (Å²) >= 11 is 1.84. The van der Waals surface area contributed by atoms with Crippen molar-refractivity contribution in [1.82, 2.24) is 4.98 Å². The van der Waals surface area contributed by atoms with E-state index in [0.717, 1.165) is 28.0 Å². The van der Waals surface area contributed by atoms with Crippen molar-refractivity contribution in [1.29, 1.82) is 0 Å². The average Bonchev–Trinajstić information content (AvgIpc) is 3.80. The first-order valence-corrected chi connectivity index (χ1v) is 19.6. The van der Waals surface area contributed by atoms with Crippen LogP contribution in [0.5, 0.6) is 0 Å². The lowest BCUT2D eigenvalue weighted by molar-refractivity contribution is 0.768. The number of hydrogen-bond donors (Lipinski definition) is 0. The largest absolute Gasteiger partial charge is 0.308 e. The number of pyridine rings is 1. The second kappa shape index (κ2) is 12.7. The summed E-state index contributed by atoms with van der Waals surface area (Å²) in [5, 5.41) is 3.56. The first-order valence-electron chi connectivity index (χ1n) is 18.8. The molecule has 0 radical (unpaired) electrons. The molecule has 2 nitrogen and oxygen atoms in total. The Bertz CT molecular complexity index is 3000. The molecule has 258 valence electrons. The van der Waals surface area contributed by atoms with Gasteiger partial charge in [0.1, 0.15) is 0 Å². The lowest BCUT2D eigenvalue weighted by Gasteiger charge is -2.35. The highest BCUT2D eigenvalue weighted by atomic mass is 32.1. The van der Waals surface area contributed by atoms with Crippen molar-refractivity contribution < 1.29 is 0 Å². The zero-order valence-electron chi connectivity index (χ0n) is 29.9. The fourth-order valence-corrected chi connectivity index (χ4v) is 10.3. The molecule has 0 unspecified atom stereocenters. The summed E-state index contributed by atoms with van der Waals surface area (Å²) in [5.41, 5.74) is 13.9. The molecule has 10 aromatic rings. The van der Waals surface area contributed by atoms with E-state index in [1.54, 1.807) is 0 Å². The number of nitrogens with zero attached hydrogens (tertiary/aromatic N) is 2. The summed E-state index contributed by atoms with van der Waals surface area (Å²) in [5.74, 6) is 0. The van der Waals surface area contributed by atoms with Crippen LogP contribution in [0, 0.1) is 0 Å². The van der Waals surface area contributed by atoms with Crippen molar-refractivity contribution in [2.75, 3.05) is 4.90 Å². The predicted molar refractivity (Wildman–Crippen MR) is 232 cm³/mol. The van der Waals surface area contributed by atoms with Gasteiger partial charge in [-0.3, -0.25) is 4.98 Å². The molecule has 0 N–H and O–H groups in total. The van der Waals surface area contributed by atoms with Crippen LogP contribution >= 0.6 is 11.3 Å². The number of para-hydroxylation sites is 1. The van der Waals surface area contributed by atoms with Gasteiger partial charge in [-0.1, -0.05) is 176 Å². The molecular weight excluding hydrogens is 685 g/mol. The minimum absolute atomic E-state index is 0.512. The van der Waals surface area contributed by atoms with Crippen LogP contribution in [-0.4, -0.2) is 4.98 Å². The van der Waals surface area contributed by atoms with Crippen molar-refractivity contribution in [2.24, 2.45) is 0 Å². The van der Waals surface area contributed by atoms with Gasteiger partial charge in [0.15, 0.2) is 0 Å². The summed E-state index contributed by atoms with van der Waals surface area (Å²) in [6.45, 7) is 0. The first kappa shape index (κ1) is 31.7. The maximum atomic E-state index is 5.06. The number of fused-ring (bicyclic) bond motifs is 8. The summed E-state index contributed by atoms with van der Waals surface area (Å²) in [6, 6.07) is 73.1. The molecule has 0 fully saturated rings. The molecule has 0 aliphatic heterocycles. The number of rotatable bonds is 6. The normalized spacial score (nSPS) is 12.9. The zero-order chi connectivity index (χ0) is 36.3. The molecule has 0 amide bonds. The molecule has 0 spiro atoms. The SMILES string of the molecule is c1ccc(-c2ccccc2N(c2ccc3c(c2)C(c2ccccc2)(c2ccccc2)c2ccccc2-3)c2cccc3c2sc2c4ccccc4cnc32)cc1. The van der Waals surface area contributed by atoms with Crippen LogP contribution in [0.4, 0.5) is 17.1 Å². The fraction of sp³-hybridized carbons (Fsp3) is 0.0192. The molecule has 0 saturated carbocycles. The highest BCUT2D eigenvalue weighted by molar-refractivity contribution is 7.27.